The minimum absolute atomic E-state index is 0.110. The molecule has 0 saturated carbocycles. The lowest BCUT2D eigenvalue weighted by Gasteiger charge is -2.33. The lowest BCUT2D eigenvalue weighted by Crippen LogP contribution is -2.29. The van der Waals surface area contributed by atoms with Gasteiger partial charge in [-0.3, -0.25) is 0 Å². The predicted molar refractivity (Wildman–Crippen MR) is 90.2 cm³/mol. The van der Waals surface area contributed by atoms with E-state index in [0.29, 0.717) is 24.4 Å². The summed E-state index contributed by atoms with van der Waals surface area (Å²) in [6.07, 6.45) is 2.75. The highest BCUT2D eigenvalue weighted by molar-refractivity contribution is 7.90. The predicted octanol–water partition coefficient (Wildman–Crippen LogP) is 2.21. The molecule has 1 aromatic heterocycles. The smallest absolute Gasteiger partial charge is 0.193 e. The van der Waals surface area contributed by atoms with Crippen molar-refractivity contribution in [3.8, 4) is 5.75 Å². The maximum Gasteiger partial charge on any atom is 0.193 e. The quantitative estimate of drug-likeness (QED) is 0.848. The van der Waals surface area contributed by atoms with Crippen LogP contribution in [-0.2, 0) is 9.84 Å². The van der Waals surface area contributed by atoms with Crippen LogP contribution in [-0.4, -0.2) is 32.8 Å². The summed E-state index contributed by atoms with van der Waals surface area (Å²) in [6, 6.07) is 5.52. The number of nitrogen functional groups attached to an aromatic ring is 1. The molecule has 0 fully saturated rings. The molecule has 0 spiro atoms. The third-order valence-corrected chi connectivity index (χ3v) is 5.09. The molecule has 2 N–H and O–H groups in total. The van der Waals surface area contributed by atoms with E-state index in [1.807, 2.05) is 25.1 Å². The first kappa shape index (κ1) is 15.6. The molecular formula is C16H19N3O3S. The van der Waals surface area contributed by atoms with E-state index in [1.165, 1.54) is 0 Å². The molecule has 1 aliphatic rings. The number of aromatic nitrogens is 1. The summed E-state index contributed by atoms with van der Waals surface area (Å²) < 4.78 is 29.2. The monoisotopic (exact) mass is 333 g/mol. The molecule has 0 amide bonds. The van der Waals surface area contributed by atoms with Crippen LogP contribution in [0.1, 0.15) is 11.1 Å². The van der Waals surface area contributed by atoms with E-state index in [4.69, 9.17) is 10.5 Å². The number of rotatable bonds is 2. The van der Waals surface area contributed by atoms with Crippen LogP contribution >= 0.6 is 0 Å². The van der Waals surface area contributed by atoms with Crippen LogP contribution in [0.2, 0.25) is 0 Å². The Morgan fingerprint density at radius 3 is 2.70 bits per heavy atom. The topological polar surface area (TPSA) is 85.5 Å². The Labute approximate surface area is 135 Å². The van der Waals surface area contributed by atoms with E-state index in [9.17, 15) is 8.42 Å². The summed E-state index contributed by atoms with van der Waals surface area (Å²) in [7, 11) is -3.33. The SMILES string of the molecule is Cc1cc(N2CCOc3ccc(N)c(C)c32)cnc1S(C)(=O)=O. The Balaban J connectivity index is 2.12. The van der Waals surface area contributed by atoms with Crippen molar-refractivity contribution in [2.75, 3.05) is 30.0 Å². The van der Waals surface area contributed by atoms with Gasteiger partial charge in [-0.2, -0.15) is 0 Å². The molecule has 2 heterocycles. The van der Waals surface area contributed by atoms with Gasteiger partial charge >= 0.3 is 0 Å². The van der Waals surface area contributed by atoms with Crippen molar-refractivity contribution in [2.45, 2.75) is 18.9 Å². The average molecular weight is 333 g/mol. The molecule has 3 rings (SSSR count). The number of pyridine rings is 1. The molecule has 1 aromatic carbocycles. The lowest BCUT2D eigenvalue weighted by molar-refractivity contribution is 0.313. The Kier molecular flexibility index (Phi) is 3.68. The second-order valence-corrected chi connectivity index (χ2v) is 7.65. The summed E-state index contributed by atoms with van der Waals surface area (Å²) in [4.78, 5) is 6.21. The van der Waals surface area contributed by atoms with Crippen LogP contribution in [0, 0.1) is 13.8 Å². The van der Waals surface area contributed by atoms with Crippen LogP contribution in [0.3, 0.4) is 0 Å². The van der Waals surface area contributed by atoms with Gasteiger partial charge in [-0.1, -0.05) is 0 Å². The van der Waals surface area contributed by atoms with Crippen molar-refractivity contribution >= 4 is 26.9 Å². The largest absolute Gasteiger partial charge is 0.490 e. The number of hydrogen-bond acceptors (Lipinski definition) is 6. The molecule has 0 radical (unpaired) electrons. The van der Waals surface area contributed by atoms with Gasteiger partial charge < -0.3 is 15.4 Å². The van der Waals surface area contributed by atoms with Gasteiger partial charge in [-0.15, -0.1) is 0 Å². The molecule has 0 unspecified atom stereocenters. The van der Waals surface area contributed by atoms with E-state index >= 15 is 0 Å². The fourth-order valence-electron chi connectivity index (χ4n) is 2.84. The number of nitrogens with two attached hydrogens (primary N) is 1. The summed E-state index contributed by atoms with van der Waals surface area (Å²) in [6.45, 7) is 4.89. The first-order valence-corrected chi connectivity index (χ1v) is 9.14. The lowest BCUT2D eigenvalue weighted by atomic mass is 10.1. The molecule has 0 saturated heterocycles. The van der Waals surface area contributed by atoms with Crippen LogP contribution in [0.4, 0.5) is 17.1 Å². The van der Waals surface area contributed by atoms with Gasteiger partial charge in [-0.25, -0.2) is 13.4 Å². The molecule has 7 heteroatoms. The Bertz CT molecular complexity index is 878. The fourth-order valence-corrected chi connectivity index (χ4v) is 3.73. The Hall–Kier alpha value is -2.28. The van der Waals surface area contributed by atoms with Gasteiger partial charge in [-0.05, 0) is 43.2 Å². The molecule has 1 aliphatic heterocycles. The minimum atomic E-state index is -3.33. The average Bonchev–Trinajstić information content (AvgIpc) is 2.49. The van der Waals surface area contributed by atoms with Gasteiger partial charge in [0.1, 0.15) is 12.4 Å². The van der Waals surface area contributed by atoms with Crippen molar-refractivity contribution < 1.29 is 13.2 Å². The summed E-state index contributed by atoms with van der Waals surface area (Å²) in [5.41, 5.74) is 10.0. The zero-order chi connectivity index (χ0) is 16.8. The number of anilines is 3. The number of aryl methyl sites for hydroxylation is 1. The highest BCUT2D eigenvalue weighted by Gasteiger charge is 2.24. The highest BCUT2D eigenvalue weighted by Crippen LogP contribution is 2.41. The van der Waals surface area contributed by atoms with Gasteiger partial charge in [0.2, 0.25) is 0 Å². The van der Waals surface area contributed by atoms with E-state index < -0.39 is 9.84 Å². The molecular weight excluding hydrogens is 314 g/mol. The standard InChI is InChI=1S/C16H19N3O3S/c1-10-8-12(9-18-16(10)23(3,20)21)19-6-7-22-14-5-4-13(17)11(2)15(14)19/h4-5,8-9H,6-7,17H2,1-3H3. The zero-order valence-corrected chi connectivity index (χ0v) is 14.1. The molecule has 2 aromatic rings. The normalized spacial score (nSPS) is 14.3. The van der Waals surface area contributed by atoms with Crippen LogP contribution < -0.4 is 15.4 Å². The number of nitrogens with zero attached hydrogens (tertiary/aromatic N) is 2. The van der Waals surface area contributed by atoms with Gasteiger partial charge in [0.25, 0.3) is 0 Å². The second-order valence-electron chi connectivity index (χ2n) is 5.71. The maximum absolute atomic E-state index is 11.7. The van der Waals surface area contributed by atoms with Crippen molar-refractivity contribution in [1.29, 1.82) is 0 Å². The van der Waals surface area contributed by atoms with Crippen molar-refractivity contribution in [2.24, 2.45) is 0 Å². The van der Waals surface area contributed by atoms with Crippen molar-refractivity contribution in [1.82, 2.24) is 4.98 Å². The van der Waals surface area contributed by atoms with Crippen molar-refractivity contribution in [3.05, 3.63) is 35.5 Å². The second kappa shape index (κ2) is 5.42. The first-order chi connectivity index (χ1) is 10.8. The number of hydrogen-bond donors (Lipinski definition) is 1. The molecule has 0 bridgehead atoms. The first-order valence-electron chi connectivity index (χ1n) is 7.25. The van der Waals surface area contributed by atoms with Gasteiger partial charge in [0.15, 0.2) is 14.9 Å². The molecule has 6 nitrogen and oxygen atoms in total. The van der Waals surface area contributed by atoms with Gasteiger partial charge in [0, 0.05) is 11.9 Å². The van der Waals surface area contributed by atoms with Crippen LogP contribution in [0.25, 0.3) is 0 Å². The minimum Gasteiger partial charge on any atom is -0.490 e. The Morgan fingerprint density at radius 1 is 1.30 bits per heavy atom. The third kappa shape index (κ3) is 2.72. The Morgan fingerprint density at radius 2 is 2.04 bits per heavy atom. The molecule has 0 atom stereocenters. The molecule has 122 valence electrons. The number of fused-ring (bicyclic) bond motifs is 1. The van der Waals surface area contributed by atoms with E-state index in [-0.39, 0.29) is 5.03 Å². The van der Waals surface area contributed by atoms with Crippen molar-refractivity contribution in [3.63, 3.8) is 0 Å². The van der Waals surface area contributed by atoms with Crippen LogP contribution in [0.5, 0.6) is 5.75 Å². The van der Waals surface area contributed by atoms with Crippen LogP contribution in [0.15, 0.2) is 29.4 Å². The number of sulfone groups is 1. The summed E-state index contributed by atoms with van der Waals surface area (Å²) in [5, 5.41) is 0.110. The fraction of sp³-hybridized carbons (Fsp3) is 0.312. The summed E-state index contributed by atoms with van der Waals surface area (Å²) >= 11 is 0. The third-order valence-electron chi connectivity index (χ3n) is 3.96. The molecule has 0 aliphatic carbocycles. The van der Waals surface area contributed by atoms with E-state index in [2.05, 4.69) is 9.88 Å². The number of benzene rings is 1. The molecule has 23 heavy (non-hydrogen) atoms. The maximum atomic E-state index is 11.7. The van der Waals surface area contributed by atoms with E-state index in [1.54, 1.807) is 13.1 Å². The van der Waals surface area contributed by atoms with E-state index in [0.717, 1.165) is 28.9 Å². The highest BCUT2D eigenvalue weighted by atomic mass is 32.2. The zero-order valence-electron chi connectivity index (χ0n) is 13.3. The number of ether oxygens (including phenoxy) is 1. The van der Waals surface area contributed by atoms with Gasteiger partial charge in [0.05, 0.1) is 24.1 Å². The summed E-state index contributed by atoms with van der Waals surface area (Å²) in [5.74, 6) is 0.771.